The predicted molar refractivity (Wildman–Crippen MR) is 92.0 cm³/mol. The second-order valence-corrected chi connectivity index (χ2v) is 7.19. The summed E-state index contributed by atoms with van der Waals surface area (Å²) in [6, 6.07) is 2.06. The van der Waals surface area contributed by atoms with E-state index >= 15 is 0 Å². The predicted octanol–water partition coefficient (Wildman–Crippen LogP) is 1.41. The Morgan fingerprint density at radius 3 is 2.96 bits per heavy atom. The van der Waals surface area contributed by atoms with Gasteiger partial charge in [-0.15, -0.1) is 0 Å². The summed E-state index contributed by atoms with van der Waals surface area (Å²) in [4.78, 5) is 16.8. The molecule has 2 saturated heterocycles. The van der Waals surface area contributed by atoms with Gasteiger partial charge in [-0.25, -0.2) is 4.79 Å². The van der Waals surface area contributed by atoms with Crippen LogP contribution in [-0.4, -0.2) is 78.5 Å². The van der Waals surface area contributed by atoms with Crippen molar-refractivity contribution in [3.8, 4) is 0 Å². The molecule has 0 bridgehead atoms. The largest absolute Gasteiger partial charge is 0.381 e. The summed E-state index contributed by atoms with van der Waals surface area (Å²) >= 11 is 0. The molecule has 2 aliphatic rings. The number of ether oxygens (including phenoxy) is 1. The van der Waals surface area contributed by atoms with Crippen LogP contribution in [0.2, 0.25) is 0 Å². The maximum absolute atomic E-state index is 12.7. The number of nitrogens with zero attached hydrogens (tertiary/aromatic N) is 3. The van der Waals surface area contributed by atoms with E-state index in [4.69, 9.17) is 4.74 Å². The van der Waals surface area contributed by atoms with E-state index < -0.39 is 0 Å². The third-order valence-electron chi connectivity index (χ3n) is 5.61. The zero-order valence-electron chi connectivity index (χ0n) is 14.8. The summed E-state index contributed by atoms with van der Waals surface area (Å²) in [6.07, 6.45) is 5.82. The number of amides is 2. The van der Waals surface area contributed by atoms with Gasteiger partial charge in [0, 0.05) is 56.2 Å². The molecule has 0 radical (unpaired) electrons. The average Bonchev–Trinajstić information content (AvgIpc) is 3.15. The number of nitrogens with one attached hydrogen (secondary N) is 2. The van der Waals surface area contributed by atoms with Crippen LogP contribution in [0.4, 0.5) is 4.79 Å². The van der Waals surface area contributed by atoms with Gasteiger partial charge in [0.2, 0.25) is 0 Å². The third-order valence-corrected chi connectivity index (χ3v) is 5.61. The number of likely N-dealkylation sites (tertiary alicyclic amines) is 1. The molecule has 1 atom stereocenters. The number of carbonyl (C=O) groups excluding carboxylic acids is 1. The number of piperidine rings is 1. The average molecular weight is 335 g/mol. The van der Waals surface area contributed by atoms with Gasteiger partial charge in [-0.05, 0) is 45.8 Å². The third kappa shape index (κ3) is 3.72. The molecule has 1 aromatic rings. The van der Waals surface area contributed by atoms with Crippen LogP contribution in [0.15, 0.2) is 12.3 Å². The van der Waals surface area contributed by atoms with Gasteiger partial charge >= 0.3 is 6.03 Å². The molecular formula is C17H29N5O2. The molecule has 7 nitrogen and oxygen atoms in total. The van der Waals surface area contributed by atoms with E-state index in [-0.39, 0.29) is 11.6 Å². The first-order chi connectivity index (χ1) is 11.6. The lowest BCUT2D eigenvalue weighted by Crippen LogP contribution is -2.57. The fraction of sp³-hybridized carbons (Fsp3) is 0.765. The highest BCUT2D eigenvalue weighted by Gasteiger charge is 2.36. The van der Waals surface area contributed by atoms with Crippen molar-refractivity contribution in [3.05, 3.63) is 18.0 Å². The van der Waals surface area contributed by atoms with Gasteiger partial charge in [0.1, 0.15) is 0 Å². The fourth-order valence-corrected chi connectivity index (χ4v) is 3.79. The summed E-state index contributed by atoms with van der Waals surface area (Å²) in [5, 5.41) is 10.2. The molecule has 7 heteroatoms. The van der Waals surface area contributed by atoms with Crippen LogP contribution < -0.4 is 5.32 Å². The van der Waals surface area contributed by atoms with Crippen LogP contribution >= 0.6 is 0 Å². The number of aromatic nitrogens is 2. The zero-order valence-corrected chi connectivity index (χ0v) is 14.8. The highest BCUT2D eigenvalue weighted by atomic mass is 16.5. The smallest absolute Gasteiger partial charge is 0.317 e. The van der Waals surface area contributed by atoms with Gasteiger partial charge in [0.25, 0.3) is 0 Å². The van der Waals surface area contributed by atoms with E-state index in [0.717, 1.165) is 57.7 Å². The van der Waals surface area contributed by atoms with Crippen molar-refractivity contribution in [2.45, 2.75) is 37.1 Å². The van der Waals surface area contributed by atoms with Gasteiger partial charge in [-0.2, -0.15) is 5.10 Å². The topological polar surface area (TPSA) is 73.5 Å². The maximum Gasteiger partial charge on any atom is 0.317 e. The van der Waals surface area contributed by atoms with E-state index in [0.29, 0.717) is 12.5 Å². The first-order valence-electron chi connectivity index (χ1n) is 8.88. The number of rotatable bonds is 4. The van der Waals surface area contributed by atoms with Gasteiger partial charge in [0.15, 0.2) is 0 Å². The second kappa shape index (κ2) is 7.53. The van der Waals surface area contributed by atoms with Gasteiger partial charge in [-0.3, -0.25) is 5.10 Å². The van der Waals surface area contributed by atoms with Crippen molar-refractivity contribution in [1.29, 1.82) is 0 Å². The molecule has 2 amide bonds. The number of carbonyl (C=O) groups is 1. The van der Waals surface area contributed by atoms with E-state index in [1.54, 1.807) is 6.20 Å². The summed E-state index contributed by atoms with van der Waals surface area (Å²) in [7, 11) is 4.18. The van der Waals surface area contributed by atoms with Crippen molar-refractivity contribution >= 4 is 6.03 Å². The summed E-state index contributed by atoms with van der Waals surface area (Å²) < 4.78 is 5.49. The highest BCUT2D eigenvalue weighted by molar-refractivity contribution is 5.74. The monoisotopic (exact) mass is 335 g/mol. The van der Waals surface area contributed by atoms with Gasteiger partial charge < -0.3 is 19.9 Å². The SMILES string of the molecule is CN(C)C1(CNC(=O)N2CCC[C@H](c3ccn[nH]3)C2)CCOCC1. The van der Waals surface area contributed by atoms with Crippen LogP contribution in [0.1, 0.15) is 37.3 Å². The molecule has 3 heterocycles. The Labute approximate surface area is 143 Å². The Bertz CT molecular complexity index is 525. The zero-order chi connectivity index (χ0) is 17.0. The minimum absolute atomic E-state index is 0.00642. The molecular weight excluding hydrogens is 306 g/mol. The molecule has 0 unspecified atom stereocenters. The van der Waals surface area contributed by atoms with E-state index in [1.807, 2.05) is 11.0 Å². The fourth-order valence-electron chi connectivity index (χ4n) is 3.79. The first kappa shape index (κ1) is 17.2. The molecule has 2 N–H and O–H groups in total. The lowest BCUT2D eigenvalue weighted by atomic mass is 9.88. The summed E-state index contributed by atoms with van der Waals surface area (Å²) in [5.74, 6) is 0.359. The summed E-state index contributed by atoms with van der Waals surface area (Å²) in [5.41, 5.74) is 1.13. The van der Waals surface area contributed by atoms with Crippen LogP contribution in [0.5, 0.6) is 0 Å². The van der Waals surface area contributed by atoms with Crippen molar-refractivity contribution in [3.63, 3.8) is 0 Å². The number of likely N-dealkylation sites (N-methyl/N-ethyl adjacent to an activating group) is 1. The Hall–Kier alpha value is -1.60. The quantitative estimate of drug-likeness (QED) is 0.872. The lowest BCUT2D eigenvalue weighted by molar-refractivity contribution is -0.00632. The van der Waals surface area contributed by atoms with E-state index in [9.17, 15) is 4.79 Å². The number of H-pyrrole nitrogens is 1. The van der Waals surface area contributed by atoms with Gasteiger partial charge in [-0.1, -0.05) is 0 Å². The molecule has 2 aliphatic heterocycles. The van der Waals surface area contributed by atoms with Gasteiger partial charge in [0.05, 0.1) is 0 Å². The Kier molecular flexibility index (Phi) is 5.40. The second-order valence-electron chi connectivity index (χ2n) is 7.19. The summed E-state index contributed by atoms with van der Waals surface area (Å²) in [6.45, 7) is 3.79. The van der Waals surface area contributed by atoms with Crippen molar-refractivity contribution in [2.24, 2.45) is 0 Å². The highest BCUT2D eigenvalue weighted by Crippen LogP contribution is 2.27. The Morgan fingerprint density at radius 1 is 1.50 bits per heavy atom. The number of urea groups is 1. The molecule has 3 rings (SSSR count). The standard InChI is InChI=1S/C17H29N5O2/c1-21(2)17(6-10-24-11-7-17)13-18-16(23)22-9-3-4-14(12-22)15-5-8-19-20-15/h5,8,14H,3-4,6-7,9-13H2,1-2H3,(H,18,23)(H,19,20)/t14-/m0/s1. The first-order valence-corrected chi connectivity index (χ1v) is 8.88. The Morgan fingerprint density at radius 2 is 2.29 bits per heavy atom. The van der Waals surface area contributed by atoms with Crippen molar-refractivity contribution < 1.29 is 9.53 Å². The molecule has 134 valence electrons. The van der Waals surface area contributed by atoms with Crippen LogP contribution in [-0.2, 0) is 4.74 Å². The molecule has 0 aromatic carbocycles. The normalized spacial score (nSPS) is 24.1. The van der Waals surface area contributed by atoms with Crippen LogP contribution in [0.3, 0.4) is 0 Å². The molecule has 1 aromatic heterocycles. The number of hydrogen-bond donors (Lipinski definition) is 2. The van der Waals surface area contributed by atoms with E-state index in [1.165, 1.54) is 0 Å². The number of aromatic amines is 1. The molecule has 2 fully saturated rings. The lowest BCUT2D eigenvalue weighted by Gasteiger charge is -2.43. The molecule has 0 saturated carbocycles. The molecule has 0 aliphatic carbocycles. The van der Waals surface area contributed by atoms with Crippen molar-refractivity contribution in [1.82, 2.24) is 25.3 Å². The van der Waals surface area contributed by atoms with E-state index in [2.05, 4.69) is 34.5 Å². The molecule has 24 heavy (non-hydrogen) atoms. The minimum atomic E-state index is 0.00642. The maximum atomic E-state index is 12.7. The Balaban J connectivity index is 1.56. The van der Waals surface area contributed by atoms with Crippen LogP contribution in [0.25, 0.3) is 0 Å². The number of hydrogen-bond acceptors (Lipinski definition) is 4. The van der Waals surface area contributed by atoms with Crippen molar-refractivity contribution in [2.75, 3.05) is 46.9 Å². The molecule has 0 spiro atoms. The minimum Gasteiger partial charge on any atom is -0.381 e. The van der Waals surface area contributed by atoms with Crippen LogP contribution in [0, 0.1) is 0 Å².